The molecule has 0 unspecified atom stereocenters. The molecule has 0 aliphatic rings. The lowest BCUT2D eigenvalue weighted by Gasteiger charge is -2.27. The van der Waals surface area contributed by atoms with E-state index >= 15 is 0 Å². The van der Waals surface area contributed by atoms with E-state index in [-0.39, 0.29) is 0 Å². The molecule has 0 N–H and O–H groups in total. The van der Waals surface area contributed by atoms with E-state index in [1.165, 1.54) is 5.56 Å². The Kier molecular flexibility index (Phi) is 8.25. The molecule has 1 heterocycles. The Labute approximate surface area is 286 Å². The van der Waals surface area contributed by atoms with Gasteiger partial charge in [0.1, 0.15) is 0 Å². The third kappa shape index (κ3) is 6.36. The first-order valence-electron chi connectivity index (χ1n) is 16.4. The van der Waals surface area contributed by atoms with E-state index in [9.17, 15) is 0 Å². The second-order valence-corrected chi connectivity index (χ2v) is 11.7. The molecule has 0 saturated carbocycles. The van der Waals surface area contributed by atoms with E-state index in [0.717, 1.165) is 50.4 Å². The largest absolute Gasteiger partial charge is 0.310 e. The molecule has 0 radical (unpaired) electrons. The third-order valence-electron chi connectivity index (χ3n) is 8.53. The van der Waals surface area contributed by atoms with Gasteiger partial charge < -0.3 is 4.90 Å². The number of anilines is 3. The molecule has 1 aromatic heterocycles. The molecule has 8 rings (SSSR count). The fraction of sp³-hybridized carbons (Fsp3) is 0. The number of rotatable bonds is 8. The molecule has 0 atom stereocenters. The van der Waals surface area contributed by atoms with Crippen molar-refractivity contribution in [2.45, 2.75) is 0 Å². The molecule has 0 fully saturated rings. The number of benzene rings is 7. The first-order chi connectivity index (χ1) is 24.3. The number of hydrogen-bond donors (Lipinski definition) is 0. The molecule has 4 nitrogen and oxygen atoms in total. The SMILES string of the molecule is c1ccc(-c2ccc(-c3nc(-c4cccc(-c5ccccc5)c4)nc(-c4ccccc4N(c4ccccc4)c4ccccc4)n3)cc2)cc1. The Morgan fingerprint density at radius 3 is 1.31 bits per heavy atom. The van der Waals surface area contributed by atoms with Gasteiger partial charge in [-0.3, -0.25) is 0 Å². The zero-order valence-corrected chi connectivity index (χ0v) is 26.8. The summed E-state index contributed by atoms with van der Waals surface area (Å²) in [5.74, 6) is 1.83. The average molecular weight is 629 g/mol. The summed E-state index contributed by atoms with van der Waals surface area (Å²) in [7, 11) is 0. The Morgan fingerprint density at radius 2 is 0.694 bits per heavy atom. The predicted molar refractivity (Wildman–Crippen MR) is 202 cm³/mol. The second-order valence-electron chi connectivity index (χ2n) is 11.7. The lowest BCUT2D eigenvalue weighted by molar-refractivity contribution is 1.07. The molecule has 0 saturated heterocycles. The zero-order chi connectivity index (χ0) is 32.8. The summed E-state index contributed by atoms with van der Waals surface area (Å²) in [5.41, 5.74) is 10.4. The Balaban J connectivity index is 1.30. The van der Waals surface area contributed by atoms with E-state index < -0.39 is 0 Å². The Bertz CT molecular complexity index is 2270. The molecule has 0 bridgehead atoms. The van der Waals surface area contributed by atoms with Gasteiger partial charge in [0.05, 0.1) is 5.69 Å². The normalized spacial score (nSPS) is 10.9. The van der Waals surface area contributed by atoms with Crippen LogP contribution in [0.5, 0.6) is 0 Å². The van der Waals surface area contributed by atoms with Gasteiger partial charge >= 0.3 is 0 Å². The summed E-state index contributed by atoms with van der Waals surface area (Å²) >= 11 is 0. The van der Waals surface area contributed by atoms with Crippen LogP contribution < -0.4 is 4.90 Å². The van der Waals surface area contributed by atoms with Gasteiger partial charge in [-0.05, 0) is 64.7 Å². The topological polar surface area (TPSA) is 41.9 Å². The minimum Gasteiger partial charge on any atom is -0.310 e. The maximum absolute atomic E-state index is 5.18. The van der Waals surface area contributed by atoms with E-state index in [1.807, 2.05) is 30.3 Å². The Morgan fingerprint density at radius 1 is 0.286 bits per heavy atom. The van der Waals surface area contributed by atoms with Crippen molar-refractivity contribution >= 4 is 17.1 Å². The van der Waals surface area contributed by atoms with Crippen LogP contribution in [0.3, 0.4) is 0 Å². The van der Waals surface area contributed by atoms with Gasteiger partial charge in [0.15, 0.2) is 17.5 Å². The van der Waals surface area contributed by atoms with Crippen LogP contribution in [0.25, 0.3) is 56.4 Å². The second kappa shape index (κ2) is 13.6. The molecule has 0 amide bonds. The molecular weight excluding hydrogens is 597 g/mol. The van der Waals surface area contributed by atoms with Crippen LogP contribution in [-0.4, -0.2) is 15.0 Å². The van der Waals surface area contributed by atoms with Crippen LogP contribution in [0, 0.1) is 0 Å². The Hall–Kier alpha value is -6.65. The molecule has 232 valence electrons. The first kappa shape index (κ1) is 29.7. The molecule has 4 heteroatoms. The van der Waals surface area contributed by atoms with Crippen LogP contribution in [0.1, 0.15) is 0 Å². The smallest absolute Gasteiger partial charge is 0.166 e. The van der Waals surface area contributed by atoms with Gasteiger partial charge in [0.25, 0.3) is 0 Å². The summed E-state index contributed by atoms with van der Waals surface area (Å²) in [6.07, 6.45) is 0. The number of hydrogen-bond acceptors (Lipinski definition) is 4. The highest BCUT2D eigenvalue weighted by Gasteiger charge is 2.20. The highest BCUT2D eigenvalue weighted by molar-refractivity contribution is 5.87. The van der Waals surface area contributed by atoms with Crippen molar-refractivity contribution in [2.75, 3.05) is 4.90 Å². The van der Waals surface area contributed by atoms with Crippen molar-refractivity contribution in [3.8, 4) is 56.4 Å². The molecular formula is C45H32N4. The maximum Gasteiger partial charge on any atom is 0.166 e. The van der Waals surface area contributed by atoms with Crippen LogP contribution in [0.15, 0.2) is 194 Å². The summed E-state index contributed by atoms with van der Waals surface area (Å²) < 4.78 is 0. The molecule has 49 heavy (non-hydrogen) atoms. The quantitative estimate of drug-likeness (QED) is 0.168. The van der Waals surface area contributed by atoms with Gasteiger partial charge in [0.2, 0.25) is 0 Å². The van der Waals surface area contributed by atoms with Crippen molar-refractivity contribution in [3.05, 3.63) is 194 Å². The highest BCUT2D eigenvalue weighted by atomic mass is 15.1. The van der Waals surface area contributed by atoms with Crippen molar-refractivity contribution in [3.63, 3.8) is 0 Å². The van der Waals surface area contributed by atoms with Gasteiger partial charge in [-0.2, -0.15) is 0 Å². The fourth-order valence-corrected chi connectivity index (χ4v) is 6.10. The lowest BCUT2D eigenvalue weighted by Crippen LogP contribution is -2.12. The van der Waals surface area contributed by atoms with Crippen LogP contribution in [0.4, 0.5) is 17.1 Å². The van der Waals surface area contributed by atoms with Crippen LogP contribution >= 0.6 is 0 Å². The molecule has 0 aliphatic carbocycles. The number of aromatic nitrogens is 3. The van der Waals surface area contributed by atoms with E-state index in [1.54, 1.807) is 0 Å². The van der Waals surface area contributed by atoms with E-state index in [4.69, 9.17) is 15.0 Å². The fourth-order valence-electron chi connectivity index (χ4n) is 6.10. The monoisotopic (exact) mass is 628 g/mol. The van der Waals surface area contributed by atoms with Crippen LogP contribution in [0.2, 0.25) is 0 Å². The number of nitrogens with zero attached hydrogens (tertiary/aromatic N) is 4. The molecule has 0 spiro atoms. The van der Waals surface area contributed by atoms with Gasteiger partial charge in [-0.1, -0.05) is 152 Å². The standard InChI is InChI=1S/C45H32N4/c1-5-16-33(17-6-1)35-28-30-36(31-29-35)43-46-44(38-21-15-20-37(32-38)34-18-7-2-8-19-34)48-45(47-43)41-26-13-14-27-42(41)49(39-22-9-3-10-23-39)40-24-11-4-12-25-40/h1-32H. The van der Waals surface area contributed by atoms with E-state index in [2.05, 4.69) is 169 Å². The third-order valence-corrected chi connectivity index (χ3v) is 8.53. The minimum absolute atomic E-state index is 0.602. The van der Waals surface area contributed by atoms with Gasteiger partial charge in [0, 0.05) is 28.1 Å². The average Bonchev–Trinajstić information content (AvgIpc) is 3.20. The lowest BCUT2D eigenvalue weighted by atomic mass is 10.0. The van der Waals surface area contributed by atoms with E-state index in [0.29, 0.717) is 17.5 Å². The maximum atomic E-state index is 5.18. The molecule has 7 aromatic carbocycles. The van der Waals surface area contributed by atoms with Crippen molar-refractivity contribution in [1.82, 2.24) is 15.0 Å². The van der Waals surface area contributed by atoms with Crippen molar-refractivity contribution in [1.29, 1.82) is 0 Å². The minimum atomic E-state index is 0.602. The van der Waals surface area contributed by atoms with Gasteiger partial charge in [-0.25, -0.2) is 15.0 Å². The number of para-hydroxylation sites is 3. The first-order valence-corrected chi connectivity index (χ1v) is 16.4. The predicted octanol–water partition coefficient (Wildman–Crippen LogP) is 11.7. The summed E-state index contributed by atoms with van der Waals surface area (Å²) in [6, 6.07) is 66.8. The van der Waals surface area contributed by atoms with Crippen molar-refractivity contribution < 1.29 is 0 Å². The van der Waals surface area contributed by atoms with Gasteiger partial charge in [-0.15, -0.1) is 0 Å². The van der Waals surface area contributed by atoms with Crippen molar-refractivity contribution in [2.24, 2.45) is 0 Å². The summed E-state index contributed by atoms with van der Waals surface area (Å²) in [6.45, 7) is 0. The zero-order valence-electron chi connectivity index (χ0n) is 26.8. The summed E-state index contributed by atoms with van der Waals surface area (Å²) in [5, 5.41) is 0. The summed E-state index contributed by atoms with van der Waals surface area (Å²) in [4.78, 5) is 17.7. The molecule has 0 aliphatic heterocycles. The molecule has 8 aromatic rings. The van der Waals surface area contributed by atoms with Crippen LogP contribution in [-0.2, 0) is 0 Å². The highest BCUT2D eigenvalue weighted by Crippen LogP contribution is 2.40.